The number of hydrogen-bond donors (Lipinski definition) is 0. The summed E-state index contributed by atoms with van der Waals surface area (Å²) in [6.07, 6.45) is 6.05. The molecule has 3 aliphatic rings. The van der Waals surface area contributed by atoms with Gasteiger partial charge in [-0.25, -0.2) is 19.1 Å². The maximum Gasteiger partial charge on any atom is 0.410 e. The first-order valence-corrected chi connectivity index (χ1v) is 15.4. The van der Waals surface area contributed by atoms with Crippen molar-refractivity contribution in [2.24, 2.45) is 0 Å². The second-order valence-electron chi connectivity index (χ2n) is 13.0. The molecular weight excluding hydrogens is 514 g/mol. The van der Waals surface area contributed by atoms with Crippen LogP contribution in [0.1, 0.15) is 101 Å². The van der Waals surface area contributed by atoms with E-state index in [0.717, 1.165) is 47.9 Å². The van der Waals surface area contributed by atoms with E-state index in [1.807, 2.05) is 20.8 Å². The van der Waals surface area contributed by atoms with Crippen LogP contribution in [0.4, 0.5) is 10.6 Å². The molecule has 8 nitrogen and oxygen atoms in total. The predicted octanol–water partition coefficient (Wildman–Crippen LogP) is 6.11. The molecule has 0 spiro atoms. The Morgan fingerprint density at radius 1 is 1.00 bits per heavy atom. The van der Waals surface area contributed by atoms with E-state index in [9.17, 15) is 9.59 Å². The number of carbonyl (C=O) groups is 1. The summed E-state index contributed by atoms with van der Waals surface area (Å²) >= 11 is 0. The van der Waals surface area contributed by atoms with Crippen molar-refractivity contribution in [3.8, 4) is 5.69 Å². The van der Waals surface area contributed by atoms with Gasteiger partial charge in [0.2, 0.25) is 0 Å². The maximum atomic E-state index is 14.1. The van der Waals surface area contributed by atoms with E-state index in [4.69, 9.17) is 14.7 Å². The molecule has 41 heavy (non-hydrogen) atoms. The van der Waals surface area contributed by atoms with Gasteiger partial charge >= 0.3 is 11.8 Å². The lowest BCUT2D eigenvalue weighted by molar-refractivity contribution is 0.0218. The van der Waals surface area contributed by atoms with Crippen LogP contribution in [0.15, 0.2) is 29.1 Å². The topological polar surface area (TPSA) is 80.6 Å². The van der Waals surface area contributed by atoms with Gasteiger partial charge in [-0.1, -0.05) is 32.0 Å². The number of ether oxygens (including phenoxy) is 1. The van der Waals surface area contributed by atoms with Crippen molar-refractivity contribution in [1.29, 1.82) is 0 Å². The number of para-hydroxylation sites is 1. The van der Waals surface area contributed by atoms with Crippen LogP contribution >= 0.6 is 0 Å². The zero-order chi connectivity index (χ0) is 29.1. The summed E-state index contributed by atoms with van der Waals surface area (Å²) in [5.74, 6) is 1.71. The highest BCUT2D eigenvalue weighted by Crippen LogP contribution is 2.49. The van der Waals surface area contributed by atoms with E-state index in [1.165, 1.54) is 24.1 Å². The SMILES string of the molecule is CCc1cccc(CC)c1-n1c(=O)nc(N2CCN(C(=O)OC(C)(C)C)C[C@@H]2C)c2cc(C3CC3)c(C3CC3)nc21. The Balaban J connectivity index is 1.51. The molecule has 3 fully saturated rings. The van der Waals surface area contributed by atoms with E-state index in [1.54, 1.807) is 9.47 Å². The fraction of sp³-hybridized carbons (Fsp3) is 0.576. The van der Waals surface area contributed by atoms with Crippen LogP contribution in [0, 0.1) is 0 Å². The van der Waals surface area contributed by atoms with Crippen LogP contribution < -0.4 is 10.6 Å². The Labute approximate surface area is 242 Å². The predicted molar refractivity (Wildman–Crippen MR) is 162 cm³/mol. The number of rotatable bonds is 6. The summed E-state index contributed by atoms with van der Waals surface area (Å²) in [4.78, 5) is 41.0. The van der Waals surface area contributed by atoms with Gasteiger partial charge in [-0.3, -0.25) is 0 Å². The van der Waals surface area contributed by atoms with Crippen LogP contribution in [-0.4, -0.2) is 56.8 Å². The number of piperazine rings is 1. The zero-order valence-electron chi connectivity index (χ0n) is 25.4. The second kappa shape index (κ2) is 10.4. The Morgan fingerprint density at radius 3 is 2.22 bits per heavy atom. The molecule has 3 aromatic rings. The molecule has 1 aromatic carbocycles. The Kier molecular flexibility index (Phi) is 7.07. The summed E-state index contributed by atoms with van der Waals surface area (Å²) in [6.45, 7) is 13.6. The van der Waals surface area contributed by atoms with Crippen LogP contribution in [0.2, 0.25) is 0 Å². The van der Waals surface area contributed by atoms with Crippen LogP contribution in [-0.2, 0) is 17.6 Å². The minimum Gasteiger partial charge on any atom is -0.444 e. The number of amides is 1. The number of aromatic nitrogens is 3. The number of benzene rings is 1. The summed E-state index contributed by atoms with van der Waals surface area (Å²) in [5.41, 5.74) is 5.58. The van der Waals surface area contributed by atoms with Crippen molar-refractivity contribution in [3.05, 3.63) is 57.1 Å². The van der Waals surface area contributed by atoms with Gasteiger partial charge in [0.15, 0.2) is 5.65 Å². The van der Waals surface area contributed by atoms with E-state index < -0.39 is 5.60 Å². The maximum absolute atomic E-state index is 14.1. The lowest BCUT2D eigenvalue weighted by Gasteiger charge is -2.41. The van der Waals surface area contributed by atoms with E-state index in [0.29, 0.717) is 42.9 Å². The molecule has 218 valence electrons. The number of fused-ring (bicyclic) bond motifs is 1. The molecule has 1 atom stereocenters. The Morgan fingerprint density at radius 2 is 1.66 bits per heavy atom. The van der Waals surface area contributed by atoms with Crippen molar-refractivity contribution in [2.45, 2.75) is 104 Å². The second-order valence-corrected chi connectivity index (χ2v) is 13.0. The third-order valence-corrected chi connectivity index (χ3v) is 8.63. The molecule has 1 aliphatic heterocycles. The lowest BCUT2D eigenvalue weighted by Crippen LogP contribution is -2.55. The molecule has 0 N–H and O–H groups in total. The largest absolute Gasteiger partial charge is 0.444 e. The first-order chi connectivity index (χ1) is 19.6. The number of hydrogen-bond acceptors (Lipinski definition) is 6. The summed E-state index contributed by atoms with van der Waals surface area (Å²) in [7, 11) is 0. The molecular formula is C33H43N5O3. The van der Waals surface area contributed by atoms with E-state index in [2.05, 4.69) is 49.9 Å². The van der Waals surface area contributed by atoms with Crippen LogP contribution in [0.3, 0.4) is 0 Å². The van der Waals surface area contributed by atoms with Crippen LogP contribution in [0.25, 0.3) is 16.7 Å². The van der Waals surface area contributed by atoms with Crippen molar-refractivity contribution >= 4 is 22.9 Å². The Hall–Kier alpha value is -3.42. The number of carbonyl (C=O) groups excluding carboxylic acids is 1. The third kappa shape index (κ3) is 5.33. The number of nitrogens with zero attached hydrogens (tertiary/aromatic N) is 5. The van der Waals surface area contributed by atoms with E-state index >= 15 is 0 Å². The first-order valence-electron chi connectivity index (χ1n) is 15.4. The standard InChI is InChI=1S/C33H43N5O3/c1-7-21-10-9-11-22(8-2)28(21)38-30-26(18-25(23-12-13-23)27(34-30)24-14-15-24)29(35-31(38)39)37-17-16-36(19-20(37)3)32(40)41-33(4,5)6/h9-11,18,20,23-24H,7-8,12-17,19H2,1-6H3/t20-/m0/s1. The van der Waals surface area contributed by atoms with Crippen molar-refractivity contribution in [1.82, 2.24) is 19.4 Å². The number of anilines is 1. The highest BCUT2D eigenvalue weighted by molar-refractivity contribution is 5.90. The lowest BCUT2D eigenvalue weighted by atomic mass is 10.0. The van der Waals surface area contributed by atoms with Gasteiger partial charge in [-0.15, -0.1) is 0 Å². The summed E-state index contributed by atoms with van der Waals surface area (Å²) in [6, 6.07) is 8.57. The average molecular weight is 558 g/mol. The summed E-state index contributed by atoms with van der Waals surface area (Å²) < 4.78 is 7.44. The van der Waals surface area contributed by atoms with Crippen molar-refractivity contribution in [3.63, 3.8) is 0 Å². The van der Waals surface area contributed by atoms with Gasteiger partial charge in [0.1, 0.15) is 11.4 Å². The van der Waals surface area contributed by atoms with Gasteiger partial charge in [0, 0.05) is 37.3 Å². The average Bonchev–Trinajstić information content (AvgIpc) is 3.84. The van der Waals surface area contributed by atoms with Gasteiger partial charge < -0.3 is 14.5 Å². The van der Waals surface area contributed by atoms with Crippen molar-refractivity contribution in [2.75, 3.05) is 24.5 Å². The molecule has 3 heterocycles. The van der Waals surface area contributed by atoms with Gasteiger partial charge in [-0.2, -0.15) is 4.98 Å². The Bertz CT molecular complexity index is 1520. The monoisotopic (exact) mass is 557 g/mol. The minimum absolute atomic E-state index is 0.0381. The molecule has 8 heteroatoms. The number of pyridine rings is 1. The molecule has 1 saturated heterocycles. The molecule has 0 unspecified atom stereocenters. The zero-order valence-corrected chi connectivity index (χ0v) is 25.4. The molecule has 2 saturated carbocycles. The van der Waals surface area contributed by atoms with Gasteiger partial charge in [0.05, 0.1) is 11.1 Å². The highest BCUT2D eigenvalue weighted by atomic mass is 16.6. The smallest absolute Gasteiger partial charge is 0.410 e. The van der Waals surface area contributed by atoms with Gasteiger partial charge in [0.25, 0.3) is 0 Å². The quantitative estimate of drug-likeness (QED) is 0.364. The molecule has 0 radical (unpaired) electrons. The fourth-order valence-corrected chi connectivity index (χ4v) is 6.25. The fourth-order valence-electron chi connectivity index (χ4n) is 6.25. The van der Waals surface area contributed by atoms with Crippen molar-refractivity contribution < 1.29 is 9.53 Å². The van der Waals surface area contributed by atoms with E-state index in [-0.39, 0.29) is 17.8 Å². The molecule has 0 bridgehead atoms. The minimum atomic E-state index is -0.546. The molecule has 6 rings (SSSR count). The first kappa shape index (κ1) is 27.7. The summed E-state index contributed by atoms with van der Waals surface area (Å²) in [5, 5.41) is 0.932. The van der Waals surface area contributed by atoms with Gasteiger partial charge in [-0.05, 0) is 94.9 Å². The molecule has 2 aliphatic carbocycles. The third-order valence-electron chi connectivity index (χ3n) is 8.63. The number of aryl methyl sites for hydroxylation is 2. The van der Waals surface area contributed by atoms with Crippen LogP contribution in [0.5, 0.6) is 0 Å². The molecule has 2 aromatic heterocycles. The normalized spacial score (nSPS) is 19.6. The molecule has 1 amide bonds. The highest BCUT2D eigenvalue weighted by Gasteiger charge is 2.37.